The number of alkyl halides is 3. The average Bonchev–Trinajstić information content (AvgIpc) is 3.29. The molecular weight excluding hydrogens is 339 g/mol. The molecular formula is C15H20F3N5S. The maximum absolute atomic E-state index is 13.2. The van der Waals surface area contributed by atoms with E-state index in [1.807, 2.05) is 4.90 Å². The molecule has 0 radical (unpaired) electrons. The normalized spacial score (nSPS) is 21.5. The minimum Gasteiger partial charge on any atom is -0.360 e. The number of rotatable bonds is 3. The van der Waals surface area contributed by atoms with E-state index in [1.165, 1.54) is 0 Å². The van der Waals surface area contributed by atoms with Crippen molar-refractivity contribution in [2.45, 2.75) is 44.8 Å². The Labute approximate surface area is 144 Å². The van der Waals surface area contributed by atoms with E-state index in [9.17, 15) is 13.2 Å². The van der Waals surface area contributed by atoms with Crippen LogP contribution in [-0.2, 0) is 6.18 Å². The molecule has 1 atom stereocenters. The van der Waals surface area contributed by atoms with Crippen molar-refractivity contribution < 1.29 is 13.2 Å². The average molecular weight is 359 g/mol. The Bertz CT molecular complexity index is 618. The Morgan fingerprint density at radius 3 is 2.67 bits per heavy atom. The zero-order valence-electron chi connectivity index (χ0n) is 13.4. The van der Waals surface area contributed by atoms with Crippen molar-refractivity contribution in [1.29, 1.82) is 0 Å². The van der Waals surface area contributed by atoms with Crippen LogP contribution in [0.15, 0.2) is 6.07 Å². The fraction of sp³-hybridized carbons (Fsp3) is 0.667. The molecule has 1 saturated heterocycles. The van der Waals surface area contributed by atoms with Crippen molar-refractivity contribution in [1.82, 2.24) is 15.3 Å². The van der Waals surface area contributed by atoms with Crippen molar-refractivity contribution >= 4 is 29.1 Å². The predicted molar refractivity (Wildman–Crippen MR) is 90.0 cm³/mol. The molecule has 0 aromatic carbocycles. The van der Waals surface area contributed by atoms with Gasteiger partial charge in [-0.1, -0.05) is 6.92 Å². The number of hydrogen-bond acceptors (Lipinski definition) is 4. The molecule has 2 fully saturated rings. The Balaban J connectivity index is 1.83. The summed E-state index contributed by atoms with van der Waals surface area (Å²) < 4.78 is 39.5. The molecule has 1 aliphatic carbocycles. The van der Waals surface area contributed by atoms with E-state index in [0.717, 1.165) is 31.7 Å². The van der Waals surface area contributed by atoms with Crippen LogP contribution in [0, 0.1) is 5.92 Å². The second-order valence-corrected chi connectivity index (χ2v) is 6.91. The molecule has 9 heteroatoms. The standard InChI is InChI=1S/C15H20F3N5S/c1-9-3-2-6-23(8-9)12-7-11(15(16,17)18)20-13(21-12)22-14(24)19-10-4-5-10/h7,9-10H,2-6,8H2,1H3,(H2,19,20,21,22,24)/t9-/m1/s1. The van der Waals surface area contributed by atoms with Crippen molar-refractivity contribution in [3.05, 3.63) is 11.8 Å². The lowest BCUT2D eigenvalue weighted by Crippen LogP contribution is -2.36. The second-order valence-electron chi connectivity index (χ2n) is 6.50. The highest BCUT2D eigenvalue weighted by Crippen LogP contribution is 2.31. The van der Waals surface area contributed by atoms with Gasteiger partial charge in [0.05, 0.1) is 0 Å². The van der Waals surface area contributed by atoms with Crippen LogP contribution in [0.25, 0.3) is 0 Å². The number of nitrogens with one attached hydrogen (secondary N) is 2. The summed E-state index contributed by atoms with van der Waals surface area (Å²) in [6.45, 7) is 3.48. The quantitative estimate of drug-likeness (QED) is 0.809. The van der Waals surface area contributed by atoms with Crippen LogP contribution < -0.4 is 15.5 Å². The van der Waals surface area contributed by atoms with E-state index in [0.29, 0.717) is 30.9 Å². The van der Waals surface area contributed by atoms with Gasteiger partial charge >= 0.3 is 6.18 Å². The molecule has 1 aromatic heterocycles. The molecule has 3 rings (SSSR count). The van der Waals surface area contributed by atoms with E-state index >= 15 is 0 Å². The van der Waals surface area contributed by atoms with Crippen LogP contribution in [0.4, 0.5) is 24.9 Å². The van der Waals surface area contributed by atoms with Crippen LogP contribution in [-0.4, -0.2) is 34.2 Å². The van der Waals surface area contributed by atoms with Gasteiger partial charge in [0, 0.05) is 25.2 Å². The Kier molecular flexibility index (Phi) is 4.80. The molecule has 0 unspecified atom stereocenters. The third kappa shape index (κ3) is 4.46. The van der Waals surface area contributed by atoms with Crippen LogP contribution in [0.5, 0.6) is 0 Å². The summed E-state index contributed by atoms with van der Waals surface area (Å²) in [5.74, 6) is 0.605. The van der Waals surface area contributed by atoms with E-state index in [1.54, 1.807) is 0 Å². The van der Waals surface area contributed by atoms with E-state index < -0.39 is 11.9 Å². The zero-order valence-corrected chi connectivity index (χ0v) is 14.2. The van der Waals surface area contributed by atoms with Crippen molar-refractivity contribution in [2.24, 2.45) is 5.92 Å². The fourth-order valence-electron chi connectivity index (χ4n) is 2.75. The van der Waals surface area contributed by atoms with Gasteiger partial charge < -0.3 is 15.5 Å². The number of thiocarbonyl (C=S) groups is 1. The number of halogens is 3. The highest BCUT2D eigenvalue weighted by molar-refractivity contribution is 7.80. The summed E-state index contributed by atoms with van der Waals surface area (Å²) in [5, 5.41) is 5.96. The molecule has 2 aliphatic rings. The van der Waals surface area contributed by atoms with Crippen LogP contribution >= 0.6 is 12.2 Å². The molecule has 1 aliphatic heterocycles. The molecule has 2 heterocycles. The van der Waals surface area contributed by atoms with E-state index in [-0.39, 0.29) is 11.1 Å². The Morgan fingerprint density at radius 1 is 1.29 bits per heavy atom. The minimum absolute atomic E-state index is 0.115. The summed E-state index contributed by atoms with van der Waals surface area (Å²) in [4.78, 5) is 9.72. The van der Waals surface area contributed by atoms with Crippen molar-refractivity contribution in [3.63, 3.8) is 0 Å². The lowest BCUT2D eigenvalue weighted by Gasteiger charge is -2.32. The first-order chi connectivity index (χ1) is 11.3. The van der Waals surface area contributed by atoms with E-state index in [2.05, 4.69) is 27.5 Å². The van der Waals surface area contributed by atoms with Gasteiger partial charge in [0.1, 0.15) is 5.82 Å². The van der Waals surface area contributed by atoms with Gasteiger partial charge in [-0.05, 0) is 43.8 Å². The van der Waals surface area contributed by atoms with Gasteiger partial charge in [-0.3, -0.25) is 0 Å². The molecule has 132 valence electrons. The lowest BCUT2D eigenvalue weighted by atomic mass is 10.0. The van der Waals surface area contributed by atoms with Gasteiger partial charge in [-0.2, -0.15) is 18.2 Å². The number of hydrogen-bond donors (Lipinski definition) is 2. The van der Waals surface area contributed by atoms with Crippen LogP contribution in [0.2, 0.25) is 0 Å². The minimum atomic E-state index is -4.53. The number of nitrogens with zero attached hydrogens (tertiary/aromatic N) is 3. The van der Waals surface area contributed by atoms with Gasteiger partial charge in [-0.25, -0.2) is 4.98 Å². The third-order valence-corrected chi connectivity index (χ3v) is 4.34. The highest BCUT2D eigenvalue weighted by Gasteiger charge is 2.35. The molecule has 1 aromatic rings. The Morgan fingerprint density at radius 2 is 2.04 bits per heavy atom. The number of anilines is 2. The molecule has 24 heavy (non-hydrogen) atoms. The Hall–Kier alpha value is -1.64. The predicted octanol–water partition coefficient (Wildman–Crippen LogP) is 3.18. The lowest BCUT2D eigenvalue weighted by molar-refractivity contribution is -0.141. The van der Waals surface area contributed by atoms with Crippen LogP contribution in [0.3, 0.4) is 0 Å². The molecule has 0 spiro atoms. The summed E-state index contributed by atoms with van der Waals surface area (Å²) >= 11 is 5.11. The largest absolute Gasteiger partial charge is 0.433 e. The van der Waals surface area contributed by atoms with Crippen molar-refractivity contribution in [3.8, 4) is 0 Å². The first-order valence-electron chi connectivity index (χ1n) is 8.10. The molecule has 5 nitrogen and oxygen atoms in total. The second kappa shape index (κ2) is 6.70. The topological polar surface area (TPSA) is 53.1 Å². The first-order valence-corrected chi connectivity index (χ1v) is 8.51. The van der Waals surface area contributed by atoms with E-state index in [4.69, 9.17) is 12.2 Å². The van der Waals surface area contributed by atoms with Crippen molar-refractivity contribution in [2.75, 3.05) is 23.3 Å². The molecule has 0 bridgehead atoms. The monoisotopic (exact) mass is 359 g/mol. The SMILES string of the molecule is C[C@@H]1CCCN(c2cc(C(F)(F)F)nc(NC(=S)NC3CC3)n2)C1. The highest BCUT2D eigenvalue weighted by atomic mass is 32.1. The molecule has 0 amide bonds. The number of piperidine rings is 1. The van der Waals surface area contributed by atoms with Gasteiger partial charge in [0.2, 0.25) is 5.95 Å². The maximum atomic E-state index is 13.2. The first kappa shape index (κ1) is 17.2. The summed E-state index contributed by atoms with van der Waals surface area (Å²) in [6, 6.07) is 1.32. The fourth-order valence-corrected chi connectivity index (χ4v) is 3.00. The van der Waals surface area contributed by atoms with Crippen LogP contribution in [0.1, 0.15) is 38.3 Å². The van der Waals surface area contributed by atoms with Gasteiger partial charge in [0.25, 0.3) is 0 Å². The third-order valence-electron chi connectivity index (χ3n) is 4.12. The zero-order chi connectivity index (χ0) is 17.3. The van der Waals surface area contributed by atoms with Gasteiger partial charge in [0.15, 0.2) is 10.8 Å². The number of aromatic nitrogens is 2. The van der Waals surface area contributed by atoms with Gasteiger partial charge in [-0.15, -0.1) is 0 Å². The smallest absolute Gasteiger partial charge is 0.360 e. The molecule has 2 N–H and O–H groups in total. The summed E-state index contributed by atoms with van der Waals surface area (Å²) in [6.07, 6.45) is -0.476. The molecule has 1 saturated carbocycles. The summed E-state index contributed by atoms with van der Waals surface area (Å²) in [5.41, 5.74) is -0.956. The summed E-state index contributed by atoms with van der Waals surface area (Å²) in [7, 11) is 0. The maximum Gasteiger partial charge on any atom is 0.433 e.